The third-order valence-corrected chi connectivity index (χ3v) is 2.78. The minimum atomic E-state index is -0.329. The van der Waals surface area contributed by atoms with Gasteiger partial charge in [0.2, 0.25) is 0 Å². The van der Waals surface area contributed by atoms with E-state index >= 15 is 0 Å². The van der Waals surface area contributed by atoms with Gasteiger partial charge in [-0.25, -0.2) is 4.98 Å². The summed E-state index contributed by atoms with van der Waals surface area (Å²) in [4.78, 5) is 16.4. The van der Waals surface area contributed by atoms with Crippen LogP contribution in [0.4, 0.5) is 5.82 Å². The molecule has 19 heavy (non-hydrogen) atoms. The van der Waals surface area contributed by atoms with E-state index in [0.717, 1.165) is 5.69 Å². The summed E-state index contributed by atoms with van der Waals surface area (Å²) in [7, 11) is 1.70. The van der Waals surface area contributed by atoms with Crippen molar-refractivity contribution >= 4 is 28.9 Å². The standard InChI is InChI=1S/C12H13N5OS/c1-7-4-3-5-9(15-7)12(18)16-11-8(10(13)19)6-14-17(11)2/h3-6H,1-2H3,(H2,13,19)(H,16,18). The number of aryl methyl sites for hydroxylation is 2. The average Bonchev–Trinajstić information content (AvgIpc) is 2.71. The van der Waals surface area contributed by atoms with E-state index in [1.807, 2.05) is 13.0 Å². The second-order valence-corrected chi connectivity index (χ2v) is 4.45. The maximum Gasteiger partial charge on any atom is 0.275 e. The van der Waals surface area contributed by atoms with Gasteiger partial charge in [-0.05, 0) is 19.1 Å². The SMILES string of the molecule is Cc1cccc(C(=O)Nc2c(C(N)=S)cnn2C)n1. The number of thiocarbonyl (C=S) groups is 1. The third-order valence-electron chi connectivity index (χ3n) is 2.56. The van der Waals surface area contributed by atoms with Crippen LogP contribution in [0.2, 0.25) is 0 Å². The van der Waals surface area contributed by atoms with Crippen LogP contribution in [-0.2, 0) is 7.05 Å². The van der Waals surface area contributed by atoms with Crippen LogP contribution in [0.1, 0.15) is 21.7 Å². The molecule has 3 N–H and O–H groups in total. The number of amides is 1. The first-order valence-electron chi connectivity index (χ1n) is 5.56. The predicted octanol–water partition coefficient (Wildman–Crippen LogP) is 1.01. The lowest BCUT2D eigenvalue weighted by Crippen LogP contribution is -2.19. The Morgan fingerprint density at radius 2 is 2.21 bits per heavy atom. The van der Waals surface area contributed by atoms with Gasteiger partial charge in [0.1, 0.15) is 16.5 Å². The lowest BCUT2D eigenvalue weighted by molar-refractivity contribution is 0.102. The Bertz CT molecular complexity index is 649. The van der Waals surface area contributed by atoms with Crippen LogP contribution in [0.5, 0.6) is 0 Å². The molecule has 0 aliphatic carbocycles. The maximum absolute atomic E-state index is 12.1. The van der Waals surface area contributed by atoms with E-state index in [-0.39, 0.29) is 10.9 Å². The first kappa shape index (κ1) is 13.2. The molecule has 0 aromatic carbocycles. The van der Waals surface area contributed by atoms with Crippen molar-refractivity contribution < 1.29 is 4.79 Å². The van der Waals surface area contributed by atoms with E-state index in [4.69, 9.17) is 18.0 Å². The van der Waals surface area contributed by atoms with E-state index < -0.39 is 0 Å². The summed E-state index contributed by atoms with van der Waals surface area (Å²) in [5, 5.41) is 6.73. The van der Waals surface area contributed by atoms with Crippen molar-refractivity contribution in [3.05, 3.63) is 41.3 Å². The van der Waals surface area contributed by atoms with Crippen molar-refractivity contribution in [2.45, 2.75) is 6.92 Å². The molecule has 2 rings (SSSR count). The molecule has 2 aromatic rings. The number of aromatic nitrogens is 3. The number of rotatable bonds is 3. The number of anilines is 1. The normalized spacial score (nSPS) is 10.2. The molecule has 0 spiro atoms. The molecule has 0 bridgehead atoms. The van der Waals surface area contributed by atoms with Crippen LogP contribution in [-0.4, -0.2) is 25.7 Å². The zero-order valence-corrected chi connectivity index (χ0v) is 11.4. The van der Waals surface area contributed by atoms with Crippen molar-refractivity contribution in [3.8, 4) is 0 Å². The first-order chi connectivity index (χ1) is 8.99. The summed E-state index contributed by atoms with van der Waals surface area (Å²) in [6.07, 6.45) is 1.52. The lowest BCUT2D eigenvalue weighted by atomic mass is 10.3. The minimum absolute atomic E-state index is 0.181. The van der Waals surface area contributed by atoms with Gasteiger partial charge in [-0.1, -0.05) is 18.3 Å². The summed E-state index contributed by atoms with van der Waals surface area (Å²) in [6, 6.07) is 5.23. The van der Waals surface area contributed by atoms with Crippen LogP contribution in [0.3, 0.4) is 0 Å². The third kappa shape index (κ3) is 2.76. The zero-order chi connectivity index (χ0) is 14.0. The number of nitrogens with two attached hydrogens (primary N) is 1. The number of carbonyl (C=O) groups is 1. The van der Waals surface area contributed by atoms with E-state index in [9.17, 15) is 4.79 Å². The molecular formula is C12H13N5OS. The van der Waals surface area contributed by atoms with E-state index in [1.54, 1.807) is 19.2 Å². The summed E-state index contributed by atoms with van der Waals surface area (Å²) in [5.41, 5.74) is 7.20. The Morgan fingerprint density at radius 3 is 2.84 bits per heavy atom. The largest absolute Gasteiger partial charge is 0.389 e. The molecule has 2 aromatic heterocycles. The molecular weight excluding hydrogens is 262 g/mol. The van der Waals surface area contributed by atoms with Gasteiger partial charge in [-0.2, -0.15) is 5.10 Å². The molecule has 7 heteroatoms. The number of nitrogens with one attached hydrogen (secondary N) is 1. The van der Waals surface area contributed by atoms with Crippen LogP contribution < -0.4 is 11.1 Å². The van der Waals surface area contributed by atoms with Crippen molar-refractivity contribution in [2.75, 3.05) is 5.32 Å². The molecule has 1 amide bonds. The maximum atomic E-state index is 12.1. The second-order valence-electron chi connectivity index (χ2n) is 4.01. The molecule has 0 radical (unpaired) electrons. The number of hydrogen-bond acceptors (Lipinski definition) is 4. The van der Waals surface area contributed by atoms with Gasteiger partial charge in [0, 0.05) is 12.7 Å². The van der Waals surface area contributed by atoms with Crippen molar-refractivity contribution in [3.63, 3.8) is 0 Å². The zero-order valence-electron chi connectivity index (χ0n) is 10.5. The number of carbonyl (C=O) groups excluding carboxylic acids is 1. The average molecular weight is 275 g/mol. The molecule has 0 atom stereocenters. The molecule has 0 fully saturated rings. The monoisotopic (exact) mass is 275 g/mol. The molecule has 98 valence electrons. The van der Waals surface area contributed by atoms with Gasteiger partial charge < -0.3 is 11.1 Å². The van der Waals surface area contributed by atoms with Crippen LogP contribution >= 0.6 is 12.2 Å². The summed E-state index contributed by atoms with van der Waals surface area (Å²) in [6.45, 7) is 1.82. The Balaban J connectivity index is 2.29. The summed E-state index contributed by atoms with van der Waals surface area (Å²) in [5.74, 6) is 0.130. The summed E-state index contributed by atoms with van der Waals surface area (Å²) < 4.78 is 1.50. The highest BCUT2D eigenvalue weighted by molar-refractivity contribution is 7.80. The molecule has 0 aliphatic heterocycles. The highest BCUT2D eigenvalue weighted by Crippen LogP contribution is 2.14. The Morgan fingerprint density at radius 1 is 1.47 bits per heavy atom. The van der Waals surface area contributed by atoms with Crippen molar-refractivity contribution in [1.82, 2.24) is 14.8 Å². The molecule has 0 saturated heterocycles. The Kier molecular flexibility index (Phi) is 3.57. The topological polar surface area (TPSA) is 85.8 Å². The smallest absolute Gasteiger partial charge is 0.275 e. The van der Waals surface area contributed by atoms with Crippen molar-refractivity contribution in [1.29, 1.82) is 0 Å². The predicted molar refractivity (Wildman–Crippen MR) is 76.0 cm³/mol. The van der Waals surface area contributed by atoms with E-state index in [2.05, 4.69) is 15.4 Å². The van der Waals surface area contributed by atoms with Gasteiger partial charge in [0.05, 0.1) is 11.8 Å². The van der Waals surface area contributed by atoms with Gasteiger partial charge in [0.15, 0.2) is 0 Å². The number of pyridine rings is 1. The lowest BCUT2D eigenvalue weighted by Gasteiger charge is -2.07. The van der Waals surface area contributed by atoms with E-state index in [0.29, 0.717) is 17.1 Å². The van der Waals surface area contributed by atoms with Gasteiger partial charge in [-0.3, -0.25) is 9.48 Å². The Labute approximate surface area is 115 Å². The van der Waals surface area contributed by atoms with Gasteiger partial charge in [0.25, 0.3) is 5.91 Å². The minimum Gasteiger partial charge on any atom is -0.389 e. The number of nitrogens with zero attached hydrogens (tertiary/aromatic N) is 3. The van der Waals surface area contributed by atoms with E-state index in [1.165, 1.54) is 10.9 Å². The van der Waals surface area contributed by atoms with Gasteiger partial charge in [-0.15, -0.1) is 0 Å². The Hall–Kier alpha value is -2.28. The second kappa shape index (κ2) is 5.15. The quantitative estimate of drug-likeness (QED) is 0.816. The highest BCUT2D eigenvalue weighted by atomic mass is 32.1. The van der Waals surface area contributed by atoms with Crippen LogP contribution in [0.25, 0.3) is 0 Å². The summed E-state index contributed by atoms with van der Waals surface area (Å²) >= 11 is 4.91. The molecule has 0 unspecified atom stereocenters. The molecule has 2 heterocycles. The van der Waals surface area contributed by atoms with Crippen LogP contribution in [0.15, 0.2) is 24.4 Å². The number of hydrogen-bond donors (Lipinski definition) is 2. The fourth-order valence-corrected chi connectivity index (χ4v) is 1.76. The fraction of sp³-hybridized carbons (Fsp3) is 0.167. The fourth-order valence-electron chi connectivity index (χ4n) is 1.61. The van der Waals surface area contributed by atoms with Gasteiger partial charge >= 0.3 is 0 Å². The molecule has 6 nitrogen and oxygen atoms in total. The molecule has 0 saturated carbocycles. The van der Waals surface area contributed by atoms with Crippen LogP contribution in [0, 0.1) is 6.92 Å². The van der Waals surface area contributed by atoms with Crippen molar-refractivity contribution in [2.24, 2.45) is 12.8 Å². The first-order valence-corrected chi connectivity index (χ1v) is 5.96. The highest BCUT2D eigenvalue weighted by Gasteiger charge is 2.15. The molecule has 0 aliphatic rings.